The van der Waals surface area contributed by atoms with Gasteiger partial charge in [0, 0.05) is 12.7 Å². The van der Waals surface area contributed by atoms with E-state index in [1.54, 1.807) is 13.2 Å². The minimum Gasteiger partial charge on any atom is -0.380 e. The van der Waals surface area contributed by atoms with Crippen molar-refractivity contribution in [2.24, 2.45) is 0 Å². The van der Waals surface area contributed by atoms with Crippen LogP contribution in [0.5, 0.6) is 0 Å². The summed E-state index contributed by atoms with van der Waals surface area (Å²) in [5.41, 5.74) is 1.75. The number of aryl methyl sites for hydroxylation is 1. The summed E-state index contributed by atoms with van der Waals surface area (Å²) in [4.78, 5) is 0. The molecule has 0 bridgehead atoms. The first-order chi connectivity index (χ1) is 8.10. The van der Waals surface area contributed by atoms with Crippen molar-refractivity contribution in [1.82, 2.24) is 5.32 Å². The van der Waals surface area contributed by atoms with Gasteiger partial charge in [0.05, 0.1) is 12.1 Å². The molecule has 2 nitrogen and oxygen atoms in total. The third-order valence-corrected chi connectivity index (χ3v) is 2.94. The van der Waals surface area contributed by atoms with Crippen molar-refractivity contribution in [3.8, 4) is 0 Å². The van der Waals surface area contributed by atoms with Crippen LogP contribution in [-0.2, 0) is 4.74 Å². The van der Waals surface area contributed by atoms with Gasteiger partial charge in [-0.25, -0.2) is 4.39 Å². The highest BCUT2D eigenvalue weighted by molar-refractivity contribution is 5.27. The fraction of sp³-hybridized carbons (Fsp3) is 0.571. The second kappa shape index (κ2) is 6.72. The predicted octanol–water partition coefficient (Wildman–Crippen LogP) is 3.21. The number of benzene rings is 1. The normalized spacial score (nSPS) is 14.6. The lowest BCUT2D eigenvalue weighted by molar-refractivity contribution is 0.0818. The monoisotopic (exact) mass is 239 g/mol. The summed E-state index contributed by atoms with van der Waals surface area (Å²) in [7, 11) is 1.65. The molecule has 1 aromatic rings. The molecule has 1 rings (SSSR count). The summed E-state index contributed by atoms with van der Waals surface area (Å²) in [6.45, 7) is 6.87. The second-order valence-electron chi connectivity index (χ2n) is 4.40. The highest BCUT2D eigenvalue weighted by Gasteiger charge is 2.21. The van der Waals surface area contributed by atoms with Crippen LogP contribution in [0.15, 0.2) is 18.2 Å². The largest absolute Gasteiger partial charge is 0.380 e. The minimum absolute atomic E-state index is 0.0575. The summed E-state index contributed by atoms with van der Waals surface area (Å²) >= 11 is 0. The molecule has 0 saturated carbocycles. The van der Waals surface area contributed by atoms with Gasteiger partial charge in [0.25, 0.3) is 0 Å². The van der Waals surface area contributed by atoms with Gasteiger partial charge in [-0.1, -0.05) is 24.6 Å². The fourth-order valence-electron chi connectivity index (χ4n) is 1.87. The molecule has 17 heavy (non-hydrogen) atoms. The van der Waals surface area contributed by atoms with E-state index in [1.807, 2.05) is 19.9 Å². The summed E-state index contributed by atoms with van der Waals surface area (Å²) in [5, 5.41) is 3.34. The van der Waals surface area contributed by atoms with Crippen LogP contribution in [0.3, 0.4) is 0 Å². The smallest absolute Gasteiger partial charge is 0.128 e. The van der Waals surface area contributed by atoms with Crippen molar-refractivity contribution < 1.29 is 9.13 Å². The lowest BCUT2D eigenvalue weighted by Gasteiger charge is -2.25. The summed E-state index contributed by atoms with van der Waals surface area (Å²) in [5.74, 6) is -0.173. The van der Waals surface area contributed by atoms with Gasteiger partial charge in [-0.3, -0.25) is 0 Å². The van der Waals surface area contributed by atoms with E-state index in [9.17, 15) is 4.39 Å². The van der Waals surface area contributed by atoms with E-state index in [1.165, 1.54) is 6.07 Å². The number of hydrogen-bond donors (Lipinski definition) is 1. The molecule has 0 radical (unpaired) electrons. The zero-order valence-corrected chi connectivity index (χ0v) is 11.1. The van der Waals surface area contributed by atoms with Crippen LogP contribution in [0.25, 0.3) is 0 Å². The Kier molecular flexibility index (Phi) is 5.59. The molecule has 1 aromatic carbocycles. The Morgan fingerprint density at radius 1 is 1.41 bits per heavy atom. The molecular formula is C14H22FNO. The van der Waals surface area contributed by atoms with Crippen LogP contribution < -0.4 is 5.32 Å². The van der Waals surface area contributed by atoms with E-state index in [0.717, 1.165) is 18.5 Å². The SMILES string of the molecule is CCCNC(c1cc(C)ccc1F)C(C)OC. The lowest BCUT2D eigenvalue weighted by atomic mass is 9.99. The Morgan fingerprint density at radius 3 is 2.71 bits per heavy atom. The zero-order chi connectivity index (χ0) is 12.8. The van der Waals surface area contributed by atoms with E-state index in [4.69, 9.17) is 4.74 Å². The number of rotatable bonds is 6. The van der Waals surface area contributed by atoms with Gasteiger partial charge < -0.3 is 10.1 Å². The Balaban J connectivity index is 2.98. The van der Waals surface area contributed by atoms with E-state index < -0.39 is 0 Å². The molecular weight excluding hydrogens is 217 g/mol. The van der Waals surface area contributed by atoms with Gasteiger partial charge in [-0.05, 0) is 32.9 Å². The van der Waals surface area contributed by atoms with Gasteiger partial charge >= 0.3 is 0 Å². The first-order valence-corrected chi connectivity index (χ1v) is 6.12. The molecule has 0 amide bonds. The first kappa shape index (κ1) is 14.1. The highest BCUT2D eigenvalue weighted by Crippen LogP contribution is 2.23. The van der Waals surface area contributed by atoms with Crippen molar-refractivity contribution in [2.75, 3.05) is 13.7 Å². The van der Waals surface area contributed by atoms with Crippen molar-refractivity contribution in [1.29, 1.82) is 0 Å². The predicted molar refractivity (Wildman–Crippen MR) is 68.6 cm³/mol. The fourth-order valence-corrected chi connectivity index (χ4v) is 1.87. The van der Waals surface area contributed by atoms with Crippen LogP contribution in [0.2, 0.25) is 0 Å². The van der Waals surface area contributed by atoms with Crippen LogP contribution in [0.1, 0.15) is 37.4 Å². The quantitative estimate of drug-likeness (QED) is 0.823. The Hall–Kier alpha value is -0.930. The minimum atomic E-state index is -0.173. The number of nitrogens with one attached hydrogen (secondary N) is 1. The Morgan fingerprint density at radius 2 is 2.12 bits per heavy atom. The average molecular weight is 239 g/mol. The second-order valence-corrected chi connectivity index (χ2v) is 4.40. The highest BCUT2D eigenvalue weighted by atomic mass is 19.1. The molecule has 0 aliphatic carbocycles. The van der Waals surface area contributed by atoms with Crippen molar-refractivity contribution in [3.63, 3.8) is 0 Å². The molecule has 0 aliphatic rings. The first-order valence-electron chi connectivity index (χ1n) is 6.12. The number of hydrogen-bond acceptors (Lipinski definition) is 2. The van der Waals surface area contributed by atoms with Gasteiger partial charge in [-0.2, -0.15) is 0 Å². The van der Waals surface area contributed by atoms with Crippen LogP contribution >= 0.6 is 0 Å². The number of halogens is 1. The number of ether oxygens (including phenoxy) is 1. The van der Waals surface area contributed by atoms with Crippen molar-refractivity contribution >= 4 is 0 Å². The van der Waals surface area contributed by atoms with Gasteiger partial charge in [-0.15, -0.1) is 0 Å². The Bertz CT molecular complexity index is 354. The summed E-state index contributed by atoms with van der Waals surface area (Å²) in [6, 6.07) is 5.10. The van der Waals surface area contributed by atoms with Gasteiger partial charge in [0.2, 0.25) is 0 Å². The van der Waals surface area contributed by atoms with E-state index in [-0.39, 0.29) is 18.0 Å². The molecule has 1 N–H and O–H groups in total. The maximum absolute atomic E-state index is 13.8. The molecule has 2 atom stereocenters. The Labute approximate surface area is 103 Å². The van der Waals surface area contributed by atoms with Crippen LogP contribution in [0.4, 0.5) is 4.39 Å². The molecule has 0 fully saturated rings. The van der Waals surface area contributed by atoms with Gasteiger partial charge in [0.1, 0.15) is 5.82 Å². The molecule has 0 saturated heterocycles. The summed E-state index contributed by atoms with van der Waals surface area (Å²) in [6.07, 6.45) is 0.957. The van der Waals surface area contributed by atoms with Crippen molar-refractivity contribution in [2.45, 2.75) is 39.3 Å². The molecule has 0 spiro atoms. The molecule has 96 valence electrons. The molecule has 2 unspecified atom stereocenters. The lowest BCUT2D eigenvalue weighted by Crippen LogP contribution is -2.32. The van der Waals surface area contributed by atoms with E-state index in [0.29, 0.717) is 5.56 Å². The zero-order valence-electron chi connectivity index (χ0n) is 11.1. The standard InChI is InChI=1S/C14H22FNO/c1-5-8-16-14(11(3)17-4)12-9-10(2)6-7-13(12)15/h6-7,9,11,14,16H,5,8H2,1-4H3. The van der Waals surface area contributed by atoms with E-state index in [2.05, 4.69) is 12.2 Å². The van der Waals surface area contributed by atoms with Crippen LogP contribution in [-0.4, -0.2) is 19.8 Å². The van der Waals surface area contributed by atoms with Crippen LogP contribution in [0, 0.1) is 12.7 Å². The topological polar surface area (TPSA) is 21.3 Å². The molecule has 0 aromatic heterocycles. The van der Waals surface area contributed by atoms with Crippen molar-refractivity contribution in [3.05, 3.63) is 35.1 Å². The molecule has 0 aliphatic heterocycles. The molecule has 0 heterocycles. The molecule has 3 heteroatoms. The van der Waals surface area contributed by atoms with E-state index >= 15 is 0 Å². The third-order valence-electron chi connectivity index (χ3n) is 2.94. The van der Waals surface area contributed by atoms with Gasteiger partial charge in [0.15, 0.2) is 0 Å². The summed E-state index contributed by atoms with van der Waals surface area (Å²) < 4.78 is 19.2. The number of methoxy groups -OCH3 is 1. The average Bonchev–Trinajstić information content (AvgIpc) is 2.33. The maximum Gasteiger partial charge on any atom is 0.128 e. The maximum atomic E-state index is 13.8. The third kappa shape index (κ3) is 3.79.